The molecule has 1 aromatic carbocycles. The van der Waals surface area contributed by atoms with E-state index in [4.69, 9.17) is 4.74 Å². The molecule has 1 saturated heterocycles. The molecule has 0 bridgehead atoms. The lowest BCUT2D eigenvalue weighted by Crippen LogP contribution is -2.46. The topological polar surface area (TPSA) is 66.5 Å². The standard InChI is InChI=1S/C18H22N4O2.2ClH/c23-18(21-10-13-22-11-8-19-9-12-22)17-14-16(6-7-20-17)24-15-4-2-1-3-5-15;;/h1-7,14,19H,8-13H2,(H,21,23);2*1H. The van der Waals surface area contributed by atoms with Crippen LogP contribution in [0.1, 0.15) is 10.5 Å². The molecule has 2 N–H and O–H groups in total. The third-order valence-corrected chi connectivity index (χ3v) is 3.87. The summed E-state index contributed by atoms with van der Waals surface area (Å²) < 4.78 is 5.73. The molecule has 1 aliphatic rings. The highest BCUT2D eigenvalue weighted by Crippen LogP contribution is 2.20. The fourth-order valence-corrected chi connectivity index (χ4v) is 2.58. The van der Waals surface area contributed by atoms with E-state index in [1.807, 2.05) is 30.3 Å². The first kappa shape index (κ1) is 22.2. The Morgan fingerprint density at radius 1 is 1.12 bits per heavy atom. The van der Waals surface area contributed by atoms with E-state index in [2.05, 4.69) is 20.5 Å². The molecule has 8 heteroatoms. The Bertz CT molecular complexity index is 667. The maximum absolute atomic E-state index is 12.2. The summed E-state index contributed by atoms with van der Waals surface area (Å²) in [4.78, 5) is 18.7. The number of ether oxygens (including phenoxy) is 1. The number of nitrogens with zero attached hydrogens (tertiary/aromatic N) is 2. The van der Waals surface area contributed by atoms with Crippen molar-refractivity contribution in [2.75, 3.05) is 39.3 Å². The van der Waals surface area contributed by atoms with Gasteiger partial charge in [0.15, 0.2) is 0 Å². The van der Waals surface area contributed by atoms with Crippen LogP contribution in [0.2, 0.25) is 0 Å². The Morgan fingerprint density at radius 2 is 1.85 bits per heavy atom. The van der Waals surface area contributed by atoms with Crippen molar-refractivity contribution >= 4 is 30.7 Å². The molecule has 1 aliphatic heterocycles. The molecule has 0 spiro atoms. The summed E-state index contributed by atoms with van der Waals surface area (Å²) in [5.74, 6) is 1.15. The van der Waals surface area contributed by atoms with Crippen molar-refractivity contribution in [3.63, 3.8) is 0 Å². The molecular weight excluding hydrogens is 375 g/mol. The highest BCUT2D eigenvalue weighted by Gasteiger charge is 2.11. The van der Waals surface area contributed by atoms with Crippen LogP contribution in [0, 0.1) is 0 Å². The van der Waals surface area contributed by atoms with Gasteiger partial charge in [0, 0.05) is 51.5 Å². The molecule has 0 atom stereocenters. The number of piperazine rings is 1. The Balaban J connectivity index is 0.00000169. The number of carbonyl (C=O) groups is 1. The lowest BCUT2D eigenvalue weighted by atomic mass is 10.3. The van der Waals surface area contributed by atoms with Crippen LogP contribution in [0.25, 0.3) is 0 Å². The van der Waals surface area contributed by atoms with Crippen LogP contribution in [-0.2, 0) is 0 Å². The summed E-state index contributed by atoms with van der Waals surface area (Å²) >= 11 is 0. The molecule has 0 saturated carbocycles. The van der Waals surface area contributed by atoms with Crippen molar-refractivity contribution < 1.29 is 9.53 Å². The number of para-hydroxylation sites is 1. The van der Waals surface area contributed by atoms with E-state index in [0.717, 1.165) is 38.5 Å². The van der Waals surface area contributed by atoms with Gasteiger partial charge in [-0.3, -0.25) is 14.7 Å². The van der Waals surface area contributed by atoms with E-state index in [9.17, 15) is 4.79 Å². The summed E-state index contributed by atoms with van der Waals surface area (Å²) in [7, 11) is 0. The van der Waals surface area contributed by atoms with Crippen molar-refractivity contribution in [1.29, 1.82) is 0 Å². The lowest BCUT2D eigenvalue weighted by Gasteiger charge is -2.27. The Kier molecular flexibility index (Phi) is 9.98. The molecule has 1 amide bonds. The fourth-order valence-electron chi connectivity index (χ4n) is 2.58. The summed E-state index contributed by atoms with van der Waals surface area (Å²) in [6, 6.07) is 12.9. The lowest BCUT2D eigenvalue weighted by molar-refractivity contribution is 0.0942. The second kappa shape index (κ2) is 11.7. The average Bonchev–Trinajstić information content (AvgIpc) is 2.64. The van der Waals surface area contributed by atoms with Crippen LogP contribution < -0.4 is 15.4 Å². The van der Waals surface area contributed by atoms with Crippen LogP contribution in [0.4, 0.5) is 0 Å². The van der Waals surface area contributed by atoms with E-state index in [0.29, 0.717) is 18.0 Å². The maximum atomic E-state index is 12.2. The maximum Gasteiger partial charge on any atom is 0.270 e. The Morgan fingerprint density at radius 3 is 2.58 bits per heavy atom. The number of hydrogen-bond acceptors (Lipinski definition) is 5. The SMILES string of the molecule is Cl.Cl.O=C(NCCN1CCNCC1)c1cc(Oc2ccccc2)ccn1. The molecule has 26 heavy (non-hydrogen) atoms. The van der Waals surface area contributed by atoms with E-state index in [1.165, 1.54) is 0 Å². The normalized spacial score (nSPS) is 13.8. The van der Waals surface area contributed by atoms with Gasteiger partial charge >= 0.3 is 0 Å². The van der Waals surface area contributed by atoms with Gasteiger partial charge < -0.3 is 15.4 Å². The van der Waals surface area contributed by atoms with Gasteiger partial charge in [0.1, 0.15) is 17.2 Å². The van der Waals surface area contributed by atoms with Crippen LogP contribution in [0.5, 0.6) is 11.5 Å². The predicted octanol–water partition coefficient (Wildman–Crippen LogP) is 2.35. The summed E-state index contributed by atoms with van der Waals surface area (Å²) in [6.07, 6.45) is 1.59. The molecular formula is C18H24Cl2N4O2. The third kappa shape index (κ3) is 6.80. The van der Waals surface area contributed by atoms with Gasteiger partial charge in [0.25, 0.3) is 5.91 Å². The molecule has 3 rings (SSSR count). The molecule has 1 aromatic heterocycles. The van der Waals surface area contributed by atoms with E-state index in [-0.39, 0.29) is 30.7 Å². The predicted molar refractivity (Wildman–Crippen MR) is 107 cm³/mol. The van der Waals surface area contributed by atoms with Gasteiger partial charge in [0.2, 0.25) is 0 Å². The zero-order valence-electron chi connectivity index (χ0n) is 14.4. The van der Waals surface area contributed by atoms with Gasteiger partial charge in [-0.1, -0.05) is 18.2 Å². The van der Waals surface area contributed by atoms with Crippen LogP contribution in [-0.4, -0.2) is 55.1 Å². The number of hydrogen-bond donors (Lipinski definition) is 2. The van der Waals surface area contributed by atoms with Crippen molar-refractivity contribution in [2.24, 2.45) is 0 Å². The second-order valence-corrected chi connectivity index (χ2v) is 5.64. The Hall–Kier alpha value is -1.86. The van der Waals surface area contributed by atoms with Crippen LogP contribution in [0.15, 0.2) is 48.7 Å². The van der Waals surface area contributed by atoms with Crippen LogP contribution >= 0.6 is 24.8 Å². The van der Waals surface area contributed by atoms with Crippen molar-refractivity contribution in [2.45, 2.75) is 0 Å². The zero-order chi connectivity index (χ0) is 16.6. The molecule has 2 aromatic rings. The van der Waals surface area contributed by atoms with E-state index < -0.39 is 0 Å². The third-order valence-electron chi connectivity index (χ3n) is 3.87. The summed E-state index contributed by atoms with van der Waals surface area (Å²) in [5.41, 5.74) is 0.365. The minimum atomic E-state index is -0.177. The molecule has 0 radical (unpaired) electrons. The fraction of sp³-hybridized carbons (Fsp3) is 0.333. The Labute approximate surface area is 166 Å². The number of amides is 1. The van der Waals surface area contributed by atoms with Crippen LogP contribution in [0.3, 0.4) is 0 Å². The first-order valence-electron chi connectivity index (χ1n) is 8.21. The minimum Gasteiger partial charge on any atom is -0.457 e. The van der Waals surface area contributed by atoms with Gasteiger partial charge in [-0.15, -0.1) is 24.8 Å². The average molecular weight is 399 g/mol. The van der Waals surface area contributed by atoms with Gasteiger partial charge in [0.05, 0.1) is 0 Å². The molecule has 6 nitrogen and oxygen atoms in total. The molecule has 0 unspecified atom stereocenters. The number of benzene rings is 1. The number of carbonyl (C=O) groups excluding carboxylic acids is 1. The van der Waals surface area contributed by atoms with Gasteiger partial charge in [-0.25, -0.2) is 0 Å². The molecule has 2 heterocycles. The van der Waals surface area contributed by atoms with Crippen molar-refractivity contribution in [1.82, 2.24) is 20.5 Å². The van der Waals surface area contributed by atoms with Gasteiger partial charge in [-0.05, 0) is 18.2 Å². The quantitative estimate of drug-likeness (QED) is 0.781. The molecule has 0 aliphatic carbocycles. The first-order chi connectivity index (χ1) is 11.8. The monoisotopic (exact) mass is 398 g/mol. The first-order valence-corrected chi connectivity index (χ1v) is 8.21. The second-order valence-electron chi connectivity index (χ2n) is 5.64. The smallest absolute Gasteiger partial charge is 0.270 e. The largest absolute Gasteiger partial charge is 0.457 e. The molecule has 1 fully saturated rings. The zero-order valence-corrected chi connectivity index (χ0v) is 16.0. The highest BCUT2D eigenvalue weighted by molar-refractivity contribution is 5.92. The minimum absolute atomic E-state index is 0. The number of rotatable bonds is 6. The molecule has 142 valence electrons. The highest BCUT2D eigenvalue weighted by atomic mass is 35.5. The van der Waals surface area contributed by atoms with Crippen molar-refractivity contribution in [3.8, 4) is 11.5 Å². The van der Waals surface area contributed by atoms with E-state index >= 15 is 0 Å². The number of aromatic nitrogens is 1. The summed E-state index contributed by atoms with van der Waals surface area (Å²) in [6.45, 7) is 5.53. The van der Waals surface area contributed by atoms with Crippen molar-refractivity contribution in [3.05, 3.63) is 54.4 Å². The summed E-state index contributed by atoms with van der Waals surface area (Å²) in [5, 5.41) is 6.23. The van der Waals surface area contributed by atoms with E-state index in [1.54, 1.807) is 18.3 Å². The number of halogens is 2. The van der Waals surface area contributed by atoms with Gasteiger partial charge in [-0.2, -0.15) is 0 Å². The number of nitrogens with one attached hydrogen (secondary N) is 2. The number of pyridine rings is 1.